The largest absolute Gasteiger partial charge is 0.290 e. The molecule has 0 aliphatic carbocycles. The molecular formula is C10H13O. The Bertz CT molecular complexity index is 230. The van der Waals surface area contributed by atoms with Gasteiger partial charge in [0.25, 0.3) is 0 Å². The highest BCUT2D eigenvalue weighted by molar-refractivity contribution is 5.28. The number of benzene rings is 1. The molecule has 1 unspecified atom stereocenters. The van der Waals surface area contributed by atoms with Gasteiger partial charge in [0.1, 0.15) is 0 Å². The topological polar surface area (TPSA) is 19.9 Å². The second-order valence-electron chi connectivity index (χ2n) is 2.88. The smallest absolute Gasteiger partial charge is 0.178 e. The molecule has 0 N–H and O–H groups in total. The van der Waals surface area contributed by atoms with Crippen LogP contribution < -0.4 is 0 Å². The highest BCUT2D eigenvalue weighted by atomic mass is 16.3. The summed E-state index contributed by atoms with van der Waals surface area (Å²) in [6.45, 7) is 4.26. The van der Waals surface area contributed by atoms with Crippen molar-refractivity contribution in [3.63, 3.8) is 0 Å². The molecule has 0 spiro atoms. The third-order valence-corrected chi connectivity index (χ3v) is 2.04. The fraction of sp³-hybridized carbons (Fsp3) is 0.400. The van der Waals surface area contributed by atoms with Crippen LogP contribution in [0.4, 0.5) is 0 Å². The number of hydrogen-bond donors (Lipinski definition) is 0. The van der Waals surface area contributed by atoms with Crippen LogP contribution in [0.1, 0.15) is 31.7 Å². The number of hydrogen-bond acceptors (Lipinski definition) is 0. The van der Waals surface area contributed by atoms with Gasteiger partial charge in [-0.15, -0.1) is 0 Å². The van der Waals surface area contributed by atoms with Gasteiger partial charge in [-0.25, -0.2) is 0 Å². The van der Waals surface area contributed by atoms with Crippen molar-refractivity contribution in [3.8, 4) is 5.75 Å². The van der Waals surface area contributed by atoms with E-state index >= 15 is 0 Å². The normalized spacial score (nSPS) is 12.9. The van der Waals surface area contributed by atoms with Crippen LogP contribution in [0.15, 0.2) is 24.3 Å². The minimum absolute atomic E-state index is 0.114. The summed E-state index contributed by atoms with van der Waals surface area (Å²) in [6, 6.07) is 7.14. The molecule has 59 valence electrons. The van der Waals surface area contributed by atoms with E-state index < -0.39 is 0 Å². The van der Waals surface area contributed by atoms with E-state index in [2.05, 4.69) is 13.8 Å². The van der Waals surface area contributed by atoms with Gasteiger partial charge in [-0.3, -0.25) is 5.11 Å². The first kappa shape index (κ1) is 8.12. The predicted molar refractivity (Wildman–Crippen MR) is 45.3 cm³/mol. The third-order valence-electron chi connectivity index (χ3n) is 2.04. The molecule has 1 nitrogen and oxygen atoms in total. The van der Waals surface area contributed by atoms with Gasteiger partial charge in [0.05, 0.1) is 0 Å². The SMILES string of the molecule is CCC(C)c1cccc([O])c1. The lowest BCUT2D eigenvalue weighted by molar-refractivity contribution is 0.354. The molecule has 0 bridgehead atoms. The lowest BCUT2D eigenvalue weighted by Gasteiger charge is -2.07. The molecule has 0 aromatic heterocycles. The molecule has 1 aromatic rings. The molecule has 1 radical (unpaired) electrons. The molecule has 0 fully saturated rings. The molecule has 11 heavy (non-hydrogen) atoms. The highest BCUT2D eigenvalue weighted by Gasteiger charge is 2.02. The van der Waals surface area contributed by atoms with Crippen LogP contribution in [-0.2, 0) is 5.11 Å². The zero-order valence-electron chi connectivity index (χ0n) is 7.00. The Balaban J connectivity index is 2.86. The molecule has 1 aromatic carbocycles. The van der Waals surface area contributed by atoms with Crippen LogP contribution in [0.25, 0.3) is 0 Å². The van der Waals surface area contributed by atoms with Gasteiger partial charge in [-0.1, -0.05) is 26.0 Å². The Morgan fingerprint density at radius 2 is 2.18 bits per heavy atom. The van der Waals surface area contributed by atoms with E-state index in [1.165, 1.54) is 0 Å². The molecule has 0 saturated heterocycles. The van der Waals surface area contributed by atoms with E-state index in [1.807, 2.05) is 12.1 Å². The molecular weight excluding hydrogens is 136 g/mol. The maximum atomic E-state index is 10.9. The summed E-state index contributed by atoms with van der Waals surface area (Å²) in [4.78, 5) is 0. The maximum absolute atomic E-state index is 10.9. The maximum Gasteiger partial charge on any atom is 0.178 e. The first-order valence-electron chi connectivity index (χ1n) is 4.01. The van der Waals surface area contributed by atoms with Crippen molar-refractivity contribution in [2.24, 2.45) is 0 Å². The Morgan fingerprint density at radius 3 is 2.73 bits per heavy atom. The zero-order valence-corrected chi connectivity index (χ0v) is 7.00. The van der Waals surface area contributed by atoms with Crippen LogP contribution in [0, 0.1) is 0 Å². The van der Waals surface area contributed by atoms with Crippen molar-refractivity contribution in [2.45, 2.75) is 26.2 Å². The molecule has 0 saturated carbocycles. The van der Waals surface area contributed by atoms with Crippen LogP contribution in [0.5, 0.6) is 5.75 Å². The van der Waals surface area contributed by atoms with Crippen LogP contribution in [-0.4, -0.2) is 0 Å². The standard InChI is InChI=1S/C10H13O/c1-3-8(2)9-5-4-6-10(11)7-9/h4-8H,3H2,1-2H3. The lowest BCUT2D eigenvalue weighted by atomic mass is 9.99. The van der Waals surface area contributed by atoms with E-state index in [1.54, 1.807) is 12.1 Å². The summed E-state index contributed by atoms with van der Waals surface area (Å²) in [5.74, 6) is 0.617. The average molecular weight is 149 g/mol. The summed E-state index contributed by atoms with van der Waals surface area (Å²) in [5, 5.41) is 10.9. The van der Waals surface area contributed by atoms with Gasteiger partial charge < -0.3 is 0 Å². The molecule has 0 aliphatic heterocycles. The number of rotatable bonds is 2. The third kappa shape index (κ3) is 1.97. The minimum Gasteiger partial charge on any atom is -0.290 e. The van der Waals surface area contributed by atoms with Gasteiger partial charge >= 0.3 is 0 Å². The fourth-order valence-corrected chi connectivity index (χ4v) is 1.06. The van der Waals surface area contributed by atoms with Crippen LogP contribution >= 0.6 is 0 Å². The zero-order chi connectivity index (χ0) is 8.27. The predicted octanol–water partition coefficient (Wildman–Crippen LogP) is 3.34. The van der Waals surface area contributed by atoms with E-state index in [0.717, 1.165) is 12.0 Å². The van der Waals surface area contributed by atoms with E-state index in [0.29, 0.717) is 5.92 Å². The highest BCUT2D eigenvalue weighted by Crippen LogP contribution is 2.21. The van der Waals surface area contributed by atoms with Crippen molar-refractivity contribution in [2.75, 3.05) is 0 Å². The quantitative estimate of drug-likeness (QED) is 0.614. The van der Waals surface area contributed by atoms with E-state index in [-0.39, 0.29) is 5.75 Å². The molecule has 1 atom stereocenters. The second kappa shape index (κ2) is 3.42. The van der Waals surface area contributed by atoms with Crippen molar-refractivity contribution in [1.29, 1.82) is 0 Å². The minimum atomic E-state index is 0.114. The van der Waals surface area contributed by atoms with Crippen molar-refractivity contribution in [3.05, 3.63) is 29.8 Å². The Kier molecular flexibility index (Phi) is 2.53. The summed E-state index contributed by atoms with van der Waals surface area (Å²) in [7, 11) is 0. The summed E-state index contributed by atoms with van der Waals surface area (Å²) < 4.78 is 0. The van der Waals surface area contributed by atoms with Gasteiger partial charge in [0.2, 0.25) is 0 Å². The van der Waals surface area contributed by atoms with Gasteiger partial charge in [0, 0.05) is 0 Å². The van der Waals surface area contributed by atoms with Crippen molar-refractivity contribution in [1.82, 2.24) is 0 Å². The van der Waals surface area contributed by atoms with E-state index in [9.17, 15) is 5.11 Å². The Labute approximate surface area is 67.7 Å². The molecule has 0 amide bonds. The first-order chi connectivity index (χ1) is 5.24. The molecule has 0 heterocycles. The van der Waals surface area contributed by atoms with Crippen molar-refractivity contribution < 1.29 is 5.11 Å². The van der Waals surface area contributed by atoms with Crippen LogP contribution in [0.2, 0.25) is 0 Å². The molecule has 0 aliphatic rings. The summed E-state index contributed by atoms with van der Waals surface area (Å²) in [6.07, 6.45) is 1.09. The van der Waals surface area contributed by atoms with Gasteiger partial charge in [0.15, 0.2) is 5.75 Å². The average Bonchev–Trinajstić information content (AvgIpc) is 2.03. The summed E-state index contributed by atoms with van der Waals surface area (Å²) in [5.41, 5.74) is 1.15. The van der Waals surface area contributed by atoms with Gasteiger partial charge in [-0.2, -0.15) is 0 Å². The molecule has 1 rings (SSSR count). The van der Waals surface area contributed by atoms with Gasteiger partial charge in [-0.05, 0) is 30.0 Å². The monoisotopic (exact) mass is 149 g/mol. The molecule has 1 heteroatoms. The van der Waals surface area contributed by atoms with E-state index in [4.69, 9.17) is 0 Å². The Hall–Kier alpha value is -0.980. The lowest BCUT2D eigenvalue weighted by Crippen LogP contribution is -1.89. The van der Waals surface area contributed by atoms with Crippen molar-refractivity contribution >= 4 is 0 Å². The first-order valence-corrected chi connectivity index (χ1v) is 4.01. The Morgan fingerprint density at radius 1 is 1.45 bits per heavy atom. The summed E-state index contributed by atoms with van der Waals surface area (Å²) >= 11 is 0. The fourth-order valence-electron chi connectivity index (χ4n) is 1.06. The van der Waals surface area contributed by atoms with Crippen LogP contribution in [0.3, 0.4) is 0 Å². The second-order valence-corrected chi connectivity index (χ2v) is 2.88.